The van der Waals surface area contributed by atoms with Gasteiger partial charge in [-0.15, -0.1) is 0 Å². The van der Waals surface area contributed by atoms with Crippen LogP contribution in [-0.2, 0) is 0 Å². The molecule has 102 valence electrons. The maximum Gasteiger partial charge on any atom is 0.163 e. The van der Waals surface area contributed by atoms with Crippen LogP contribution < -0.4 is 15.2 Å². The van der Waals surface area contributed by atoms with Gasteiger partial charge in [-0.2, -0.15) is 0 Å². The lowest BCUT2D eigenvalue weighted by Crippen LogP contribution is -2.15. The molecule has 0 aliphatic rings. The molecular weight excluding hydrogens is 233 g/mol. The highest BCUT2D eigenvalue weighted by Gasteiger charge is 2.18. The average molecular weight is 255 g/mol. The number of methoxy groups -OCH3 is 2. The Morgan fingerprint density at radius 2 is 1.78 bits per heavy atom. The normalized spacial score (nSPS) is 14.1. The Bertz CT molecular complexity index is 396. The molecule has 0 fully saturated rings. The van der Waals surface area contributed by atoms with Gasteiger partial charge >= 0.3 is 0 Å². The van der Waals surface area contributed by atoms with Crippen LogP contribution >= 0.6 is 0 Å². The lowest BCUT2D eigenvalue weighted by molar-refractivity contribution is 0.350. The summed E-state index contributed by atoms with van der Waals surface area (Å²) >= 11 is 0. The van der Waals surface area contributed by atoms with Gasteiger partial charge in [0.1, 0.15) is 5.82 Å². The highest BCUT2D eigenvalue weighted by molar-refractivity contribution is 5.44. The molecule has 3 nitrogen and oxygen atoms in total. The molecule has 1 aromatic rings. The van der Waals surface area contributed by atoms with Crippen LogP contribution in [0.2, 0.25) is 0 Å². The lowest BCUT2D eigenvalue weighted by atomic mass is 9.94. The van der Waals surface area contributed by atoms with Gasteiger partial charge in [0.25, 0.3) is 0 Å². The Kier molecular flexibility index (Phi) is 5.41. The van der Waals surface area contributed by atoms with Crippen molar-refractivity contribution in [3.63, 3.8) is 0 Å². The number of ether oxygens (including phenoxy) is 2. The average Bonchev–Trinajstić information content (AvgIpc) is 2.37. The molecular formula is C14H22FNO2. The predicted octanol–water partition coefficient (Wildman–Crippen LogP) is 3.28. The molecule has 2 unspecified atom stereocenters. The molecule has 0 bridgehead atoms. The molecule has 0 radical (unpaired) electrons. The van der Waals surface area contributed by atoms with E-state index < -0.39 is 0 Å². The molecule has 2 atom stereocenters. The van der Waals surface area contributed by atoms with E-state index in [1.807, 2.05) is 0 Å². The Morgan fingerprint density at radius 1 is 1.22 bits per heavy atom. The maximum atomic E-state index is 13.9. The Morgan fingerprint density at radius 3 is 2.28 bits per heavy atom. The molecule has 0 aliphatic carbocycles. The van der Waals surface area contributed by atoms with Crippen LogP contribution in [0.25, 0.3) is 0 Å². The number of hydrogen-bond acceptors (Lipinski definition) is 3. The number of nitrogens with two attached hydrogens (primary N) is 1. The van der Waals surface area contributed by atoms with Crippen molar-refractivity contribution in [1.82, 2.24) is 0 Å². The summed E-state index contributed by atoms with van der Waals surface area (Å²) in [6.07, 6.45) is 1.78. The zero-order chi connectivity index (χ0) is 13.7. The molecule has 0 aromatic heterocycles. The van der Waals surface area contributed by atoms with Crippen LogP contribution in [0, 0.1) is 11.7 Å². The molecule has 0 heterocycles. The van der Waals surface area contributed by atoms with Crippen LogP contribution in [0.5, 0.6) is 11.5 Å². The summed E-state index contributed by atoms with van der Waals surface area (Å²) < 4.78 is 24.2. The first kappa shape index (κ1) is 14.8. The summed E-state index contributed by atoms with van der Waals surface area (Å²) in [6, 6.07) is 2.63. The lowest BCUT2D eigenvalue weighted by Gasteiger charge is -2.18. The highest BCUT2D eigenvalue weighted by atomic mass is 19.1. The smallest absolute Gasteiger partial charge is 0.163 e. The molecule has 18 heavy (non-hydrogen) atoms. The fourth-order valence-electron chi connectivity index (χ4n) is 1.88. The summed E-state index contributed by atoms with van der Waals surface area (Å²) in [5.74, 6) is 1.01. The fourth-order valence-corrected chi connectivity index (χ4v) is 1.88. The van der Waals surface area contributed by atoms with Gasteiger partial charge in [0.05, 0.1) is 14.2 Å². The van der Waals surface area contributed by atoms with E-state index in [0.29, 0.717) is 23.0 Å². The van der Waals surface area contributed by atoms with Gasteiger partial charge in [-0.05, 0) is 18.4 Å². The van der Waals surface area contributed by atoms with E-state index in [1.165, 1.54) is 20.3 Å². The molecule has 2 N–H and O–H groups in total. The Hall–Kier alpha value is -1.29. The largest absolute Gasteiger partial charge is 0.493 e. The minimum atomic E-state index is -0.344. The van der Waals surface area contributed by atoms with E-state index in [2.05, 4.69) is 13.8 Å². The Balaban J connectivity index is 3.01. The van der Waals surface area contributed by atoms with Gasteiger partial charge in [-0.3, -0.25) is 0 Å². The summed E-state index contributed by atoms with van der Waals surface area (Å²) in [4.78, 5) is 0. The van der Waals surface area contributed by atoms with Crippen molar-refractivity contribution in [2.45, 2.75) is 32.7 Å². The molecule has 0 saturated carbocycles. The number of hydrogen-bond donors (Lipinski definition) is 1. The zero-order valence-corrected chi connectivity index (χ0v) is 11.5. The molecule has 0 aliphatic heterocycles. The van der Waals surface area contributed by atoms with Crippen LogP contribution in [0.4, 0.5) is 4.39 Å². The van der Waals surface area contributed by atoms with Crippen LogP contribution in [0.15, 0.2) is 12.1 Å². The summed E-state index contributed by atoms with van der Waals surface area (Å²) in [5.41, 5.74) is 6.53. The van der Waals surface area contributed by atoms with E-state index in [9.17, 15) is 4.39 Å². The van der Waals surface area contributed by atoms with Gasteiger partial charge in [0, 0.05) is 17.7 Å². The number of benzene rings is 1. The quantitative estimate of drug-likeness (QED) is 0.848. The predicted molar refractivity (Wildman–Crippen MR) is 70.5 cm³/mol. The third-order valence-corrected chi connectivity index (χ3v) is 3.26. The summed E-state index contributed by atoms with van der Waals surface area (Å²) in [6.45, 7) is 4.21. The van der Waals surface area contributed by atoms with E-state index in [0.717, 1.165) is 12.8 Å². The zero-order valence-electron chi connectivity index (χ0n) is 11.5. The molecule has 0 saturated heterocycles. The minimum Gasteiger partial charge on any atom is -0.493 e. The molecule has 1 rings (SSSR count). The summed E-state index contributed by atoms with van der Waals surface area (Å²) in [5, 5.41) is 0. The van der Waals surface area contributed by atoms with Gasteiger partial charge in [-0.1, -0.05) is 20.3 Å². The van der Waals surface area contributed by atoms with Crippen molar-refractivity contribution in [1.29, 1.82) is 0 Å². The van der Waals surface area contributed by atoms with E-state index >= 15 is 0 Å². The molecule has 4 heteroatoms. The number of rotatable bonds is 6. The first-order valence-corrected chi connectivity index (χ1v) is 6.20. The van der Waals surface area contributed by atoms with Crippen molar-refractivity contribution in [2.24, 2.45) is 11.7 Å². The highest BCUT2D eigenvalue weighted by Crippen LogP contribution is 2.33. The first-order chi connectivity index (χ1) is 8.53. The Labute approximate surface area is 108 Å². The number of halogens is 1. The van der Waals surface area contributed by atoms with Gasteiger partial charge < -0.3 is 15.2 Å². The second-order valence-corrected chi connectivity index (χ2v) is 4.58. The van der Waals surface area contributed by atoms with Crippen molar-refractivity contribution in [3.8, 4) is 11.5 Å². The first-order valence-electron chi connectivity index (χ1n) is 6.20. The van der Waals surface area contributed by atoms with Crippen molar-refractivity contribution in [3.05, 3.63) is 23.5 Å². The second-order valence-electron chi connectivity index (χ2n) is 4.58. The standard InChI is InChI=1S/C14H22FNO2/c1-5-9(2)6-12(16)10-7-13(17-3)14(18-4)8-11(10)15/h7-9,12H,5-6,16H2,1-4H3. The van der Waals surface area contributed by atoms with Crippen LogP contribution in [0.1, 0.15) is 38.3 Å². The van der Waals surface area contributed by atoms with E-state index in [-0.39, 0.29) is 11.9 Å². The summed E-state index contributed by atoms with van der Waals surface area (Å²) in [7, 11) is 3.01. The van der Waals surface area contributed by atoms with Crippen molar-refractivity contribution in [2.75, 3.05) is 14.2 Å². The van der Waals surface area contributed by atoms with Gasteiger partial charge in [0.2, 0.25) is 0 Å². The molecule has 0 amide bonds. The SMILES string of the molecule is CCC(C)CC(N)c1cc(OC)c(OC)cc1F. The van der Waals surface area contributed by atoms with Crippen molar-refractivity contribution >= 4 is 0 Å². The second kappa shape index (κ2) is 6.59. The van der Waals surface area contributed by atoms with Gasteiger partial charge in [-0.25, -0.2) is 4.39 Å². The molecule has 0 spiro atoms. The van der Waals surface area contributed by atoms with Crippen LogP contribution in [-0.4, -0.2) is 14.2 Å². The third kappa shape index (κ3) is 3.35. The minimum absolute atomic E-state index is 0.320. The maximum absolute atomic E-state index is 13.9. The van der Waals surface area contributed by atoms with E-state index in [1.54, 1.807) is 6.07 Å². The van der Waals surface area contributed by atoms with Crippen molar-refractivity contribution < 1.29 is 13.9 Å². The topological polar surface area (TPSA) is 44.5 Å². The van der Waals surface area contributed by atoms with Gasteiger partial charge in [0.15, 0.2) is 11.5 Å². The monoisotopic (exact) mass is 255 g/mol. The molecule has 1 aromatic carbocycles. The third-order valence-electron chi connectivity index (χ3n) is 3.26. The fraction of sp³-hybridized carbons (Fsp3) is 0.571. The van der Waals surface area contributed by atoms with Crippen LogP contribution in [0.3, 0.4) is 0 Å². The van der Waals surface area contributed by atoms with E-state index in [4.69, 9.17) is 15.2 Å².